The van der Waals surface area contributed by atoms with E-state index in [1.807, 2.05) is 36.4 Å². The smallest absolute Gasteiger partial charge is 0.142 e. The Kier molecular flexibility index (Phi) is 6.21. The summed E-state index contributed by atoms with van der Waals surface area (Å²) in [5.74, 6) is 0.871. The summed E-state index contributed by atoms with van der Waals surface area (Å²) < 4.78 is 5.80. The van der Waals surface area contributed by atoms with Crippen molar-refractivity contribution < 1.29 is 4.74 Å². The van der Waals surface area contributed by atoms with E-state index >= 15 is 0 Å². The maximum Gasteiger partial charge on any atom is 0.142 e. The second-order valence-electron chi connectivity index (χ2n) is 4.79. The summed E-state index contributed by atoms with van der Waals surface area (Å²) in [5, 5.41) is 4.68. The molecule has 0 fully saturated rings. The van der Waals surface area contributed by atoms with E-state index in [0.717, 1.165) is 36.4 Å². The SMILES string of the molecule is CCCCOc1ccccc1NCc1ccc(Cl)cc1Cl. The molecular weight excluding hydrogens is 305 g/mol. The van der Waals surface area contributed by atoms with Crippen molar-refractivity contribution in [3.05, 3.63) is 58.1 Å². The normalized spacial score (nSPS) is 10.4. The van der Waals surface area contributed by atoms with E-state index in [4.69, 9.17) is 27.9 Å². The van der Waals surface area contributed by atoms with Gasteiger partial charge in [-0.1, -0.05) is 54.7 Å². The predicted molar refractivity (Wildman–Crippen MR) is 90.6 cm³/mol. The van der Waals surface area contributed by atoms with Crippen LogP contribution in [0.2, 0.25) is 10.0 Å². The van der Waals surface area contributed by atoms with Crippen molar-refractivity contribution in [1.29, 1.82) is 0 Å². The summed E-state index contributed by atoms with van der Waals surface area (Å²) in [7, 11) is 0. The van der Waals surface area contributed by atoms with E-state index < -0.39 is 0 Å². The Morgan fingerprint density at radius 1 is 1.10 bits per heavy atom. The average Bonchev–Trinajstić information content (AvgIpc) is 2.48. The second-order valence-corrected chi connectivity index (χ2v) is 5.63. The van der Waals surface area contributed by atoms with Gasteiger partial charge in [0, 0.05) is 16.6 Å². The van der Waals surface area contributed by atoms with Gasteiger partial charge in [-0.25, -0.2) is 0 Å². The van der Waals surface area contributed by atoms with Gasteiger partial charge in [-0.05, 0) is 36.2 Å². The third kappa shape index (κ3) is 4.83. The number of para-hydroxylation sites is 2. The van der Waals surface area contributed by atoms with Crippen LogP contribution in [0, 0.1) is 0 Å². The van der Waals surface area contributed by atoms with Gasteiger partial charge >= 0.3 is 0 Å². The topological polar surface area (TPSA) is 21.3 Å². The third-order valence-corrected chi connectivity index (χ3v) is 3.71. The number of unbranched alkanes of at least 4 members (excludes halogenated alkanes) is 1. The molecule has 0 aliphatic carbocycles. The van der Waals surface area contributed by atoms with Crippen molar-refractivity contribution in [3.63, 3.8) is 0 Å². The molecule has 0 atom stereocenters. The Hall–Kier alpha value is -1.38. The van der Waals surface area contributed by atoms with E-state index in [2.05, 4.69) is 12.2 Å². The van der Waals surface area contributed by atoms with Crippen LogP contribution in [-0.2, 0) is 6.54 Å². The molecule has 0 amide bonds. The molecule has 2 aromatic rings. The van der Waals surface area contributed by atoms with E-state index in [1.165, 1.54) is 0 Å². The van der Waals surface area contributed by atoms with Crippen molar-refractivity contribution >= 4 is 28.9 Å². The number of halogens is 2. The quantitative estimate of drug-likeness (QED) is 0.651. The first-order valence-corrected chi connectivity index (χ1v) is 7.86. The maximum absolute atomic E-state index is 6.18. The van der Waals surface area contributed by atoms with Gasteiger partial charge in [-0.2, -0.15) is 0 Å². The zero-order valence-corrected chi connectivity index (χ0v) is 13.5. The maximum atomic E-state index is 6.18. The minimum atomic E-state index is 0.629. The minimum absolute atomic E-state index is 0.629. The van der Waals surface area contributed by atoms with Crippen LogP contribution in [0.3, 0.4) is 0 Å². The molecule has 0 bridgehead atoms. The van der Waals surface area contributed by atoms with Crippen molar-refractivity contribution in [2.75, 3.05) is 11.9 Å². The fourth-order valence-corrected chi connectivity index (χ4v) is 2.40. The summed E-state index contributed by atoms with van der Waals surface area (Å²) in [4.78, 5) is 0. The van der Waals surface area contributed by atoms with Crippen molar-refractivity contribution in [2.24, 2.45) is 0 Å². The van der Waals surface area contributed by atoms with Gasteiger partial charge in [0.25, 0.3) is 0 Å². The van der Waals surface area contributed by atoms with Gasteiger partial charge in [0.1, 0.15) is 5.75 Å². The van der Waals surface area contributed by atoms with Gasteiger partial charge in [0.2, 0.25) is 0 Å². The van der Waals surface area contributed by atoms with Crippen LogP contribution in [-0.4, -0.2) is 6.61 Å². The Balaban J connectivity index is 2.02. The standard InChI is InChI=1S/C17H19Cl2NO/c1-2-3-10-21-17-7-5-4-6-16(17)20-12-13-8-9-14(18)11-15(13)19/h4-9,11,20H,2-3,10,12H2,1H3. The number of nitrogens with one attached hydrogen (secondary N) is 1. The minimum Gasteiger partial charge on any atom is -0.491 e. The summed E-state index contributed by atoms with van der Waals surface area (Å²) in [5.41, 5.74) is 1.98. The molecule has 0 unspecified atom stereocenters. The molecule has 1 N–H and O–H groups in total. The highest BCUT2D eigenvalue weighted by molar-refractivity contribution is 6.35. The fraction of sp³-hybridized carbons (Fsp3) is 0.294. The number of hydrogen-bond acceptors (Lipinski definition) is 2. The summed E-state index contributed by atoms with van der Waals surface area (Å²) in [6.45, 7) is 3.51. The highest BCUT2D eigenvalue weighted by Crippen LogP contribution is 2.26. The molecule has 0 saturated heterocycles. The predicted octanol–water partition coefficient (Wildman–Crippen LogP) is 5.78. The number of anilines is 1. The zero-order valence-electron chi connectivity index (χ0n) is 12.0. The lowest BCUT2D eigenvalue weighted by molar-refractivity contribution is 0.310. The molecule has 4 heteroatoms. The fourth-order valence-electron chi connectivity index (χ4n) is 1.92. The number of hydrogen-bond donors (Lipinski definition) is 1. The molecule has 2 aromatic carbocycles. The number of benzene rings is 2. The Morgan fingerprint density at radius 2 is 1.90 bits per heavy atom. The molecule has 2 nitrogen and oxygen atoms in total. The average molecular weight is 324 g/mol. The van der Waals surface area contributed by atoms with Crippen molar-refractivity contribution in [2.45, 2.75) is 26.3 Å². The molecule has 21 heavy (non-hydrogen) atoms. The first-order valence-electron chi connectivity index (χ1n) is 7.10. The lowest BCUT2D eigenvalue weighted by atomic mass is 10.2. The van der Waals surface area contributed by atoms with Crippen LogP contribution in [0.15, 0.2) is 42.5 Å². The molecule has 112 valence electrons. The van der Waals surface area contributed by atoms with Crippen molar-refractivity contribution in [3.8, 4) is 5.75 Å². The van der Waals surface area contributed by atoms with Gasteiger partial charge in [-0.15, -0.1) is 0 Å². The molecule has 0 heterocycles. The molecule has 0 saturated carbocycles. The summed E-state index contributed by atoms with van der Waals surface area (Å²) in [6, 6.07) is 13.5. The van der Waals surface area contributed by atoms with E-state index in [0.29, 0.717) is 16.6 Å². The summed E-state index contributed by atoms with van der Waals surface area (Å²) >= 11 is 12.1. The molecule has 0 radical (unpaired) electrons. The van der Waals surface area contributed by atoms with Crippen LogP contribution in [0.5, 0.6) is 5.75 Å². The summed E-state index contributed by atoms with van der Waals surface area (Å²) in [6.07, 6.45) is 2.17. The van der Waals surface area contributed by atoms with E-state index in [-0.39, 0.29) is 0 Å². The highest BCUT2D eigenvalue weighted by Gasteiger charge is 2.05. The Morgan fingerprint density at radius 3 is 2.67 bits per heavy atom. The van der Waals surface area contributed by atoms with Crippen LogP contribution in [0.25, 0.3) is 0 Å². The number of rotatable bonds is 7. The lowest BCUT2D eigenvalue weighted by Crippen LogP contribution is -2.04. The Bertz CT molecular complexity index is 587. The molecular formula is C17H19Cl2NO. The largest absolute Gasteiger partial charge is 0.491 e. The number of ether oxygens (including phenoxy) is 1. The van der Waals surface area contributed by atoms with E-state index in [9.17, 15) is 0 Å². The Labute approximate surface area is 136 Å². The third-order valence-electron chi connectivity index (χ3n) is 3.13. The van der Waals surface area contributed by atoms with Gasteiger partial charge in [0.05, 0.1) is 12.3 Å². The molecule has 0 aliphatic heterocycles. The monoisotopic (exact) mass is 323 g/mol. The molecule has 2 rings (SSSR count). The first-order chi connectivity index (χ1) is 10.2. The molecule has 0 spiro atoms. The van der Waals surface area contributed by atoms with Crippen LogP contribution in [0.1, 0.15) is 25.3 Å². The van der Waals surface area contributed by atoms with E-state index in [1.54, 1.807) is 6.07 Å². The van der Waals surface area contributed by atoms with Crippen LogP contribution in [0.4, 0.5) is 5.69 Å². The van der Waals surface area contributed by atoms with Crippen LogP contribution >= 0.6 is 23.2 Å². The van der Waals surface area contributed by atoms with Gasteiger partial charge in [-0.3, -0.25) is 0 Å². The molecule has 0 aromatic heterocycles. The van der Waals surface area contributed by atoms with Gasteiger partial charge in [0.15, 0.2) is 0 Å². The van der Waals surface area contributed by atoms with Crippen molar-refractivity contribution in [1.82, 2.24) is 0 Å². The highest BCUT2D eigenvalue weighted by atomic mass is 35.5. The molecule has 0 aliphatic rings. The van der Waals surface area contributed by atoms with Crippen LogP contribution < -0.4 is 10.1 Å². The second kappa shape index (κ2) is 8.16. The first kappa shape index (κ1) is 16.0. The zero-order chi connectivity index (χ0) is 15.1. The lowest BCUT2D eigenvalue weighted by Gasteiger charge is -2.13. The van der Waals surface area contributed by atoms with Gasteiger partial charge < -0.3 is 10.1 Å².